The van der Waals surface area contributed by atoms with Gasteiger partial charge in [0.15, 0.2) is 0 Å². The number of carbonyl (C=O) groups is 1. The van der Waals surface area contributed by atoms with Gasteiger partial charge < -0.3 is 10.6 Å². The highest BCUT2D eigenvalue weighted by molar-refractivity contribution is 5.92. The zero-order chi connectivity index (χ0) is 13.8. The molecule has 0 saturated heterocycles. The molecule has 2 aromatic rings. The predicted octanol–water partition coefficient (Wildman–Crippen LogP) is 0.488. The van der Waals surface area contributed by atoms with E-state index >= 15 is 0 Å². The minimum absolute atomic E-state index is 0.0481. The molecule has 0 unspecified atom stereocenters. The standard InChI is InChI=1S/C13H14N4O2/c1-16(11-4-2-10(14)3-5-11)13(19)8-17-9-15-7-6-12(17)18/h2-7,9H,8,14H2,1H3. The van der Waals surface area contributed by atoms with Crippen LogP contribution in [-0.4, -0.2) is 22.5 Å². The number of nitrogen functional groups attached to an aromatic ring is 1. The first-order chi connectivity index (χ1) is 9.08. The van der Waals surface area contributed by atoms with Crippen molar-refractivity contribution in [3.8, 4) is 0 Å². The van der Waals surface area contributed by atoms with Crippen molar-refractivity contribution >= 4 is 17.3 Å². The van der Waals surface area contributed by atoms with E-state index in [2.05, 4.69) is 4.98 Å². The molecule has 0 radical (unpaired) electrons. The topological polar surface area (TPSA) is 81.2 Å². The number of amides is 1. The molecule has 0 aliphatic rings. The highest BCUT2D eigenvalue weighted by atomic mass is 16.2. The molecule has 0 aliphatic carbocycles. The van der Waals surface area contributed by atoms with Gasteiger partial charge in [-0.05, 0) is 24.3 Å². The minimum atomic E-state index is -0.256. The number of rotatable bonds is 3. The Morgan fingerprint density at radius 2 is 2.00 bits per heavy atom. The number of carbonyl (C=O) groups excluding carboxylic acids is 1. The summed E-state index contributed by atoms with van der Waals surface area (Å²) in [6.45, 7) is -0.0481. The summed E-state index contributed by atoms with van der Waals surface area (Å²) in [5.74, 6) is -0.208. The summed E-state index contributed by atoms with van der Waals surface area (Å²) >= 11 is 0. The van der Waals surface area contributed by atoms with E-state index in [0.29, 0.717) is 5.69 Å². The van der Waals surface area contributed by atoms with Crippen molar-refractivity contribution < 1.29 is 4.79 Å². The fraction of sp³-hybridized carbons (Fsp3) is 0.154. The molecule has 0 atom stereocenters. The van der Waals surface area contributed by atoms with Gasteiger partial charge in [-0.15, -0.1) is 0 Å². The van der Waals surface area contributed by atoms with E-state index in [1.54, 1.807) is 31.3 Å². The fourth-order valence-electron chi connectivity index (χ4n) is 1.59. The van der Waals surface area contributed by atoms with E-state index in [-0.39, 0.29) is 18.0 Å². The van der Waals surface area contributed by atoms with Gasteiger partial charge >= 0.3 is 0 Å². The van der Waals surface area contributed by atoms with Gasteiger partial charge in [-0.1, -0.05) is 0 Å². The highest BCUT2D eigenvalue weighted by Crippen LogP contribution is 2.14. The van der Waals surface area contributed by atoms with Crippen LogP contribution in [0, 0.1) is 0 Å². The minimum Gasteiger partial charge on any atom is -0.399 e. The van der Waals surface area contributed by atoms with Crippen LogP contribution in [0.15, 0.2) is 47.7 Å². The van der Waals surface area contributed by atoms with Gasteiger partial charge in [0.05, 0.1) is 6.33 Å². The molecule has 0 fully saturated rings. The van der Waals surface area contributed by atoms with Crippen LogP contribution in [0.2, 0.25) is 0 Å². The second kappa shape index (κ2) is 5.34. The first kappa shape index (κ1) is 12.8. The van der Waals surface area contributed by atoms with Crippen LogP contribution in [0.4, 0.5) is 11.4 Å². The largest absolute Gasteiger partial charge is 0.399 e. The monoisotopic (exact) mass is 258 g/mol. The third kappa shape index (κ3) is 2.98. The molecule has 1 aromatic heterocycles. The molecular weight excluding hydrogens is 244 g/mol. The molecule has 1 aromatic carbocycles. The number of nitrogens with two attached hydrogens (primary N) is 1. The van der Waals surface area contributed by atoms with Crippen molar-refractivity contribution in [3.05, 3.63) is 53.2 Å². The molecule has 0 bridgehead atoms. The highest BCUT2D eigenvalue weighted by Gasteiger charge is 2.11. The van der Waals surface area contributed by atoms with E-state index in [4.69, 9.17) is 5.73 Å². The lowest BCUT2D eigenvalue weighted by atomic mass is 10.2. The summed E-state index contributed by atoms with van der Waals surface area (Å²) in [4.78, 5) is 28.8. The van der Waals surface area contributed by atoms with Crippen molar-refractivity contribution in [1.82, 2.24) is 9.55 Å². The maximum absolute atomic E-state index is 12.1. The quantitative estimate of drug-likeness (QED) is 0.812. The molecule has 0 spiro atoms. The van der Waals surface area contributed by atoms with Gasteiger partial charge in [0.2, 0.25) is 5.91 Å². The van der Waals surface area contributed by atoms with E-state index in [9.17, 15) is 9.59 Å². The lowest BCUT2D eigenvalue weighted by Crippen LogP contribution is -2.33. The van der Waals surface area contributed by atoms with Gasteiger partial charge in [-0.25, -0.2) is 4.98 Å². The maximum Gasteiger partial charge on any atom is 0.253 e. The molecular formula is C13H14N4O2. The van der Waals surface area contributed by atoms with Crippen molar-refractivity contribution in [2.75, 3.05) is 17.7 Å². The van der Waals surface area contributed by atoms with Crippen LogP contribution < -0.4 is 16.2 Å². The fourth-order valence-corrected chi connectivity index (χ4v) is 1.59. The number of benzene rings is 1. The SMILES string of the molecule is CN(C(=O)Cn1cnccc1=O)c1ccc(N)cc1. The van der Waals surface area contributed by atoms with Gasteiger partial charge in [0.25, 0.3) is 5.56 Å². The number of anilines is 2. The first-order valence-electron chi connectivity index (χ1n) is 5.70. The first-order valence-corrected chi connectivity index (χ1v) is 5.70. The van der Waals surface area contributed by atoms with Crippen LogP contribution in [0.1, 0.15) is 0 Å². The van der Waals surface area contributed by atoms with Crippen LogP contribution in [0.25, 0.3) is 0 Å². The lowest BCUT2D eigenvalue weighted by Gasteiger charge is -2.17. The van der Waals surface area contributed by atoms with E-state index in [1.165, 1.54) is 28.1 Å². The molecule has 0 aliphatic heterocycles. The van der Waals surface area contributed by atoms with Crippen LogP contribution in [-0.2, 0) is 11.3 Å². The number of hydrogen-bond acceptors (Lipinski definition) is 4. The molecule has 19 heavy (non-hydrogen) atoms. The van der Waals surface area contributed by atoms with Crippen LogP contribution >= 0.6 is 0 Å². The lowest BCUT2D eigenvalue weighted by molar-refractivity contribution is -0.118. The molecule has 98 valence electrons. The van der Waals surface area contributed by atoms with Crippen molar-refractivity contribution in [3.63, 3.8) is 0 Å². The van der Waals surface area contributed by atoms with Crippen LogP contribution in [0.5, 0.6) is 0 Å². The van der Waals surface area contributed by atoms with Crippen molar-refractivity contribution in [1.29, 1.82) is 0 Å². The van der Waals surface area contributed by atoms with Crippen molar-refractivity contribution in [2.45, 2.75) is 6.54 Å². The Morgan fingerprint density at radius 1 is 1.32 bits per heavy atom. The summed E-state index contributed by atoms with van der Waals surface area (Å²) in [6.07, 6.45) is 2.74. The molecule has 6 nitrogen and oxygen atoms in total. The van der Waals surface area contributed by atoms with Crippen molar-refractivity contribution in [2.24, 2.45) is 0 Å². The molecule has 0 saturated carbocycles. The Bertz CT molecular complexity index is 634. The number of likely N-dealkylation sites (N-methyl/N-ethyl adjacent to an activating group) is 1. The number of hydrogen-bond donors (Lipinski definition) is 1. The van der Waals surface area contributed by atoms with E-state index < -0.39 is 0 Å². The normalized spacial score (nSPS) is 10.2. The smallest absolute Gasteiger partial charge is 0.253 e. The van der Waals surface area contributed by atoms with E-state index in [0.717, 1.165) is 5.69 Å². The summed E-state index contributed by atoms with van der Waals surface area (Å²) in [5, 5.41) is 0. The Morgan fingerprint density at radius 3 is 2.63 bits per heavy atom. The molecule has 2 rings (SSSR count). The van der Waals surface area contributed by atoms with Crippen LogP contribution in [0.3, 0.4) is 0 Å². The van der Waals surface area contributed by atoms with E-state index in [1.807, 2.05) is 0 Å². The van der Waals surface area contributed by atoms with Gasteiger partial charge in [-0.2, -0.15) is 0 Å². The van der Waals surface area contributed by atoms with Gasteiger partial charge in [0, 0.05) is 30.7 Å². The molecule has 1 heterocycles. The second-order valence-electron chi connectivity index (χ2n) is 4.09. The second-order valence-corrected chi connectivity index (χ2v) is 4.09. The Labute approximate surface area is 110 Å². The molecule has 2 N–H and O–H groups in total. The predicted molar refractivity (Wildman–Crippen MR) is 72.8 cm³/mol. The third-order valence-corrected chi connectivity index (χ3v) is 2.75. The zero-order valence-electron chi connectivity index (χ0n) is 10.5. The molecule has 1 amide bonds. The summed E-state index contributed by atoms with van der Waals surface area (Å²) in [7, 11) is 1.65. The zero-order valence-corrected chi connectivity index (χ0v) is 10.5. The average Bonchev–Trinajstić information content (AvgIpc) is 2.41. The number of nitrogens with zero attached hydrogens (tertiary/aromatic N) is 3. The van der Waals surface area contributed by atoms with Gasteiger partial charge in [0.1, 0.15) is 6.54 Å². The summed E-state index contributed by atoms with van der Waals surface area (Å²) in [6, 6.07) is 8.25. The maximum atomic E-state index is 12.1. The van der Waals surface area contributed by atoms with Gasteiger partial charge in [-0.3, -0.25) is 14.2 Å². The number of aromatic nitrogens is 2. The third-order valence-electron chi connectivity index (χ3n) is 2.75. The Hall–Kier alpha value is -2.63. The Kier molecular flexibility index (Phi) is 3.61. The summed E-state index contributed by atoms with van der Waals surface area (Å²) < 4.78 is 1.26. The summed E-state index contributed by atoms with van der Waals surface area (Å²) in [5.41, 5.74) is 6.68. The Balaban J connectivity index is 2.14. The molecule has 6 heteroatoms. The average molecular weight is 258 g/mol.